The van der Waals surface area contributed by atoms with Crippen LogP contribution in [-0.2, 0) is 11.3 Å². The number of rotatable bonds is 9. The second-order valence-electron chi connectivity index (χ2n) is 7.62. The summed E-state index contributed by atoms with van der Waals surface area (Å²) in [5.74, 6) is 1.68. The Bertz CT molecular complexity index is 846. The number of amides is 1. The quantitative estimate of drug-likeness (QED) is 0.607. The number of likely N-dealkylation sites (tertiary alicyclic amines) is 1. The number of piperidine rings is 1. The highest BCUT2D eigenvalue weighted by Crippen LogP contribution is 2.38. The monoisotopic (exact) mass is 430 g/mol. The van der Waals surface area contributed by atoms with Crippen LogP contribution in [0.1, 0.15) is 25.3 Å². The molecule has 0 unspecified atom stereocenters. The van der Waals surface area contributed by atoms with E-state index in [1.54, 1.807) is 25.2 Å². The molecule has 0 aliphatic carbocycles. The van der Waals surface area contributed by atoms with Gasteiger partial charge in [-0.25, -0.2) is 4.39 Å². The first-order chi connectivity index (χ1) is 15.0. The zero-order chi connectivity index (χ0) is 22.2. The molecule has 7 heteroatoms. The van der Waals surface area contributed by atoms with E-state index in [1.165, 1.54) is 12.1 Å². The Kier molecular flexibility index (Phi) is 8.12. The molecule has 1 amide bonds. The molecule has 31 heavy (non-hydrogen) atoms. The van der Waals surface area contributed by atoms with Gasteiger partial charge in [0.15, 0.2) is 11.5 Å². The lowest BCUT2D eigenvalue weighted by Gasteiger charge is -2.33. The van der Waals surface area contributed by atoms with Gasteiger partial charge in [0.25, 0.3) is 0 Å². The standard InChI is InChI=1S/C24H31FN2O4/c1-4-27(16-18-7-5-8-19(25)15-18)23(28)17-26-13-11-20(12-14-26)31-24-21(29-2)9-6-10-22(24)30-3/h5-10,15,20H,4,11-14,16-17H2,1-3H3. The number of hydrogen-bond donors (Lipinski definition) is 0. The van der Waals surface area contributed by atoms with Crippen LogP contribution in [0.5, 0.6) is 17.2 Å². The number of hydrogen-bond acceptors (Lipinski definition) is 5. The van der Waals surface area contributed by atoms with Crippen molar-refractivity contribution in [2.45, 2.75) is 32.4 Å². The first-order valence-electron chi connectivity index (χ1n) is 10.7. The van der Waals surface area contributed by atoms with Crippen LogP contribution in [0.25, 0.3) is 0 Å². The number of ether oxygens (including phenoxy) is 3. The van der Waals surface area contributed by atoms with Gasteiger partial charge in [0.2, 0.25) is 11.7 Å². The van der Waals surface area contributed by atoms with E-state index in [-0.39, 0.29) is 17.8 Å². The van der Waals surface area contributed by atoms with Gasteiger partial charge < -0.3 is 19.1 Å². The lowest BCUT2D eigenvalue weighted by Crippen LogP contribution is -2.45. The molecule has 1 aliphatic rings. The average Bonchev–Trinajstić information content (AvgIpc) is 2.78. The fourth-order valence-corrected chi connectivity index (χ4v) is 3.81. The highest BCUT2D eigenvalue weighted by molar-refractivity contribution is 5.78. The van der Waals surface area contributed by atoms with Crippen molar-refractivity contribution in [3.05, 3.63) is 53.8 Å². The number of carbonyl (C=O) groups excluding carboxylic acids is 1. The third kappa shape index (κ3) is 6.10. The van der Waals surface area contributed by atoms with Crippen molar-refractivity contribution in [3.63, 3.8) is 0 Å². The fourth-order valence-electron chi connectivity index (χ4n) is 3.81. The summed E-state index contributed by atoms with van der Waals surface area (Å²) in [4.78, 5) is 16.7. The van der Waals surface area contributed by atoms with Crippen molar-refractivity contribution in [2.24, 2.45) is 0 Å². The lowest BCUT2D eigenvalue weighted by atomic mass is 10.1. The molecule has 1 fully saturated rings. The van der Waals surface area contributed by atoms with Crippen LogP contribution in [0.2, 0.25) is 0 Å². The first-order valence-corrected chi connectivity index (χ1v) is 10.7. The molecular formula is C24H31FN2O4. The molecule has 0 bridgehead atoms. The van der Waals surface area contributed by atoms with Gasteiger partial charge in [-0.1, -0.05) is 18.2 Å². The van der Waals surface area contributed by atoms with Gasteiger partial charge in [0.1, 0.15) is 11.9 Å². The molecule has 3 rings (SSSR count). The maximum atomic E-state index is 13.4. The smallest absolute Gasteiger partial charge is 0.237 e. The van der Waals surface area contributed by atoms with E-state index < -0.39 is 0 Å². The number of para-hydroxylation sites is 1. The van der Waals surface area contributed by atoms with Crippen LogP contribution in [0.15, 0.2) is 42.5 Å². The van der Waals surface area contributed by atoms with Crippen molar-refractivity contribution in [2.75, 3.05) is 40.4 Å². The van der Waals surface area contributed by atoms with Crippen molar-refractivity contribution in [1.82, 2.24) is 9.80 Å². The summed E-state index contributed by atoms with van der Waals surface area (Å²) in [6.07, 6.45) is 1.65. The number of carbonyl (C=O) groups is 1. The van der Waals surface area contributed by atoms with Gasteiger partial charge in [-0.15, -0.1) is 0 Å². The fraction of sp³-hybridized carbons (Fsp3) is 0.458. The SMILES string of the molecule is CCN(Cc1cccc(F)c1)C(=O)CN1CCC(Oc2c(OC)cccc2OC)CC1. The Morgan fingerprint density at radius 3 is 2.32 bits per heavy atom. The number of halogens is 1. The van der Waals surface area contributed by atoms with E-state index in [0.717, 1.165) is 31.5 Å². The maximum absolute atomic E-state index is 13.4. The summed E-state index contributed by atoms with van der Waals surface area (Å²) in [6.45, 7) is 4.84. The molecule has 2 aromatic rings. The topological polar surface area (TPSA) is 51.2 Å². The number of nitrogens with zero attached hydrogens (tertiary/aromatic N) is 2. The number of methoxy groups -OCH3 is 2. The van der Waals surface area contributed by atoms with Crippen molar-refractivity contribution in [1.29, 1.82) is 0 Å². The van der Waals surface area contributed by atoms with Crippen molar-refractivity contribution in [3.8, 4) is 17.2 Å². The first kappa shape index (κ1) is 22.9. The minimum atomic E-state index is -0.283. The van der Waals surface area contributed by atoms with Crippen LogP contribution in [0.4, 0.5) is 4.39 Å². The second-order valence-corrected chi connectivity index (χ2v) is 7.62. The average molecular weight is 431 g/mol. The van der Waals surface area contributed by atoms with Gasteiger partial charge in [0.05, 0.1) is 20.8 Å². The highest BCUT2D eigenvalue weighted by Gasteiger charge is 2.25. The Hall–Kier alpha value is -2.80. The van der Waals surface area contributed by atoms with Crippen molar-refractivity contribution >= 4 is 5.91 Å². The minimum absolute atomic E-state index is 0.0334. The molecule has 0 radical (unpaired) electrons. The highest BCUT2D eigenvalue weighted by atomic mass is 19.1. The Balaban J connectivity index is 1.52. The van der Waals surface area contributed by atoms with E-state index in [1.807, 2.05) is 31.2 Å². The molecular weight excluding hydrogens is 399 g/mol. The molecule has 0 aromatic heterocycles. The van der Waals surface area contributed by atoms with Gasteiger partial charge in [-0.2, -0.15) is 0 Å². The molecule has 1 aliphatic heterocycles. The van der Waals surface area contributed by atoms with E-state index >= 15 is 0 Å². The zero-order valence-corrected chi connectivity index (χ0v) is 18.5. The zero-order valence-electron chi connectivity index (χ0n) is 18.5. The summed E-state index contributed by atoms with van der Waals surface area (Å²) in [5.41, 5.74) is 0.799. The van der Waals surface area contributed by atoms with Gasteiger partial charge in [-0.3, -0.25) is 9.69 Å². The third-order valence-corrected chi connectivity index (χ3v) is 5.56. The Morgan fingerprint density at radius 1 is 1.10 bits per heavy atom. The molecule has 6 nitrogen and oxygen atoms in total. The molecule has 1 saturated heterocycles. The normalized spacial score (nSPS) is 14.8. The Labute approximate surface area is 183 Å². The Morgan fingerprint density at radius 2 is 1.74 bits per heavy atom. The predicted molar refractivity (Wildman–Crippen MR) is 117 cm³/mol. The summed E-state index contributed by atoms with van der Waals surface area (Å²) in [5, 5.41) is 0. The molecule has 168 valence electrons. The summed E-state index contributed by atoms with van der Waals surface area (Å²) in [7, 11) is 3.22. The van der Waals surface area contributed by atoms with E-state index in [2.05, 4.69) is 4.90 Å². The summed E-state index contributed by atoms with van der Waals surface area (Å²) in [6, 6.07) is 12.0. The maximum Gasteiger partial charge on any atom is 0.237 e. The van der Waals surface area contributed by atoms with Crippen LogP contribution in [0, 0.1) is 5.82 Å². The molecule has 1 heterocycles. The number of benzene rings is 2. The summed E-state index contributed by atoms with van der Waals surface area (Å²) < 4.78 is 30.5. The van der Waals surface area contributed by atoms with E-state index in [4.69, 9.17) is 14.2 Å². The second kappa shape index (κ2) is 11.0. The predicted octanol–water partition coefficient (Wildman–Crippen LogP) is 3.73. The van der Waals surface area contributed by atoms with Crippen LogP contribution in [-0.4, -0.2) is 62.2 Å². The van der Waals surface area contributed by atoms with Crippen LogP contribution < -0.4 is 14.2 Å². The molecule has 2 aromatic carbocycles. The largest absolute Gasteiger partial charge is 0.493 e. The number of likely N-dealkylation sites (N-methyl/N-ethyl adjacent to an activating group) is 1. The van der Waals surface area contributed by atoms with Crippen LogP contribution >= 0.6 is 0 Å². The lowest BCUT2D eigenvalue weighted by molar-refractivity contribution is -0.133. The molecule has 0 N–H and O–H groups in total. The molecule has 0 saturated carbocycles. The molecule has 0 atom stereocenters. The van der Waals surface area contributed by atoms with Crippen LogP contribution in [0.3, 0.4) is 0 Å². The van der Waals surface area contributed by atoms with E-state index in [0.29, 0.717) is 36.9 Å². The van der Waals surface area contributed by atoms with E-state index in [9.17, 15) is 9.18 Å². The van der Waals surface area contributed by atoms with Gasteiger partial charge >= 0.3 is 0 Å². The van der Waals surface area contributed by atoms with Crippen molar-refractivity contribution < 1.29 is 23.4 Å². The minimum Gasteiger partial charge on any atom is -0.493 e. The summed E-state index contributed by atoms with van der Waals surface area (Å²) >= 11 is 0. The third-order valence-electron chi connectivity index (χ3n) is 5.56. The van der Waals surface area contributed by atoms with Gasteiger partial charge in [-0.05, 0) is 49.6 Å². The molecule has 0 spiro atoms. The van der Waals surface area contributed by atoms with Gasteiger partial charge in [0, 0.05) is 26.2 Å².